The molecule has 0 aliphatic rings. The summed E-state index contributed by atoms with van der Waals surface area (Å²) in [5.74, 6) is 0.640. The van der Waals surface area contributed by atoms with Gasteiger partial charge in [0.15, 0.2) is 0 Å². The van der Waals surface area contributed by atoms with Crippen molar-refractivity contribution >= 4 is 33.2 Å². The van der Waals surface area contributed by atoms with Crippen molar-refractivity contribution in [2.24, 2.45) is 0 Å². The van der Waals surface area contributed by atoms with E-state index in [0.717, 1.165) is 0 Å². The minimum Gasteiger partial charge on any atom is -0.495 e. The maximum atomic E-state index is 11.7. The highest BCUT2D eigenvalue weighted by Gasteiger charge is 2.14. The van der Waals surface area contributed by atoms with Gasteiger partial charge >= 0.3 is 0 Å². The molecule has 0 aliphatic heterocycles. The molecular formula is C9H11Cl2NO3S. The van der Waals surface area contributed by atoms with E-state index in [1.807, 2.05) is 0 Å². The predicted octanol–water partition coefficient (Wildman–Crippen LogP) is 1.87. The Morgan fingerprint density at radius 2 is 2.12 bits per heavy atom. The van der Waals surface area contributed by atoms with E-state index in [4.69, 9.17) is 27.9 Å². The molecule has 0 bridgehead atoms. The summed E-state index contributed by atoms with van der Waals surface area (Å²) in [6.45, 7) is 0.174. The van der Waals surface area contributed by atoms with Gasteiger partial charge in [-0.2, -0.15) is 0 Å². The fourth-order valence-corrected chi connectivity index (χ4v) is 2.66. The number of halogens is 2. The van der Waals surface area contributed by atoms with E-state index in [2.05, 4.69) is 4.72 Å². The quantitative estimate of drug-likeness (QED) is 0.840. The smallest absolute Gasteiger partial charge is 0.240 e. The number of rotatable bonds is 5. The molecule has 1 aromatic rings. The highest BCUT2D eigenvalue weighted by Crippen LogP contribution is 2.26. The van der Waals surface area contributed by atoms with Crippen LogP contribution < -0.4 is 9.46 Å². The van der Waals surface area contributed by atoms with E-state index >= 15 is 0 Å². The van der Waals surface area contributed by atoms with Gasteiger partial charge < -0.3 is 4.74 Å². The van der Waals surface area contributed by atoms with Gasteiger partial charge in [0.25, 0.3) is 0 Å². The fourth-order valence-electron chi connectivity index (χ4n) is 1.07. The van der Waals surface area contributed by atoms with Crippen molar-refractivity contribution in [3.8, 4) is 5.75 Å². The Labute approximate surface area is 105 Å². The van der Waals surface area contributed by atoms with Crippen LogP contribution in [-0.2, 0) is 10.0 Å². The van der Waals surface area contributed by atoms with Crippen molar-refractivity contribution in [2.45, 2.75) is 4.90 Å². The van der Waals surface area contributed by atoms with Crippen LogP contribution in [0.4, 0.5) is 0 Å². The summed E-state index contributed by atoms with van der Waals surface area (Å²) in [6.07, 6.45) is 0. The molecule has 7 heteroatoms. The van der Waals surface area contributed by atoms with E-state index < -0.39 is 10.0 Å². The Balaban J connectivity index is 3.01. The third kappa shape index (κ3) is 3.25. The van der Waals surface area contributed by atoms with Gasteiger partial charge in [-0.15, -0.1) is 11.6 Å². The molecule has 4 nitrogen and oxygen atoms in total. The van der Waals surface area contributed by atoms with Crippen LogP contribution in [0.25, 0.3) is 0 Å². The third-order valence-corrected chi connectivity index (χ3v) is 3.76. The zero-order valence-corrected chi connectivity index (χ0v) is 10.9. The van der Waals surface area contributed by atoms with Crippen LogP contribution in [0.15, 0.2) is 23.1 Å². The van der Waals surface area contributed by atoms with Crippen LogP contribution in [0.1, 0.15) is 0 Å². The topological polar surface area (TPSA) is 55.4 Å². The van der Waals surface area contributed by atoms with E-state index in [-0.39, 0.29) is 22.3 Å². The molecule has 16 heavy (non-hydrogen) atoms. The molecule has 0 fully saturated rings. The van der Waals surface area contributed by atoms with Gasteiger partial charge in [0.2, 0.25) is 10.0 Å². The maximum Gasteiger partial charge on any atom is 0.240 e. The van der Waals surface area contributed by atoms with Crippen molar-refractivity contribution in [3.05, 3.63) is 23.2 Å². The predicted molar refractivity (Wildman–Crippen MR) is 63.9 cm³/mol. The summed E-state index contributed by atoms with van der Waals surface area (Å²) in [7, 11) is -2.08. The molecule has 0 radical (unpaired) electrons. The van der Waals surface area contributed by atoms with Crippen molar-refractivity contribution < 1.29 is 13.2 Å². The lowest BCUT2D eigenvalue weighted by Crippen LogP contribution is -2.25. The monoisotopic (exact) mass is 283 g/mol. The van der Waals surface area contributed by atoms with Gasteiger partial charge in [-0.25, -0.2) is 13.1 Å². The van der Waals surface area contributed by atoms with Crippen LogP contribution in [0, 0.1) is 0 Å². The van der Waals surface area contributed by atoms with Gasteiger partial charge in [-0.3, -0.25) is 0 Å². The molecule has 0 aromatic heterocycles. The molecule has 1 aromatic carbocycles. The van der Waals surface area contributed by atoms with Crippen LogP contribution in [-0.4, -0.2) is 28.0 Å². The zero-order valence-electron chi connectivity index (χ0n) is 8.54. The second-order valence-corrected chi connectivity index (χ2v) is 5.44. The molecule has 1 rings (SSSR count). The van der Waals surface area contributed by atoms with Gasteiger partial charge in [-0.1, -0.05) is 11.6 Å². The number of benzene rings is 1. The van der Waals surface area contributed by atoms with Crippen LogP contribution >= 0.6 is 23.2 Å². The second-order valence-electron chi connectivity index (χ2n) is 2.88. The number of hydrogen-bond acceptors (Lipinski definition) is 3. The number of hydrogen-bond donors (Lipinski definition) is 1. The first-order valence-electron chi connectivity index (χ1n) is 4.40. The van der Waals surface area contributed by atoms with Crippen molar-refractivity contribution in [1.82, 2.24) is 4.72 Å². The van der Waals surface area contributed by atoms with Crippen LogP contribution in [0.3, 0.4) is 0 Å². The minimum absolute atomic E-state index is 0.0865. The zero-order chi connectivity index (χ0) is 12.2. The SMILES string of the molecule is COc1ccc(S(=O)(=O)NCCCl)cc1Cl. The average molecular weight is 284 g/mol. The Kier molecular flexibility index (Phi) is 4.86. The first kappa shape index (κ1) is 13.6. The molecule has 1 N–H and O–H groups in total. The second kappa shape index (κ2) is 5.72. The van der Waals surface area contributed by atoms with Crippen molar-refractivity contribution in [2.75, 3.05) is 19.5 Å². The molecular weight excluding hydrogens is 273 g/mol. The first-order valence-corrected chi connectivity index (χ1v) is 6.80. The summed E-state index contributed by atoms with van der Waals surface area (Å²) in [6, 6.07) is 4.25. The molecule has 0 saturated carbocycles. The average Bonchev–Trinajstić information content (AvgIpc) is 2.26. The van der Waals surface area contributed by atoms with Gasteiger partial charge in [0.1, 0.15) is 5.75 Å². The molecule has 90 valence electrons. The number of methoxy groups -OCH3 is 1. The molecule has 0 spiro atoms. The Hall–Kier alpha value is -0.490. The molecule has 0 atom stereocenters. The lowest BCUT2D eigenvalue weighted by atomic mass is 10.3. The lowest BCUT2D eigenvalue weighted by molar-refractivity contribution is 0.414. The van der Waals surface area contributed by atoms with Crippen LogP contribution in [0.2, 0.25) is 5.02 Å². The van der Waals surface area contributed by atoms with Gasteiger partial charge in [0, 0.05) is 12.4 Å². The fraction of sp³-hybridized carbons (Fsp3) is 0.333. The van der Waals surface area contributed by atoms with E-state index in [1.54, 1.807) is 0 Å². The molecule has 0 aliphatic carbocycles. The summed E-state index contributed by atoms with van der Waals surface area (Å²) < 4.78 is 30.6. The Morgan fingerprint density at radius 1 is 1.44 bits per heavy atom. The molecule has 0 unspecified atom stereocenters. The van der Waals surface area contributed by atoms with Gasteiger partial charge in [0.05, 0.1) is 17.0 Å². The lowest BCUT2D eigenvalue weighted by Gasteiger charge is -2.07. The number of sulfonamides is 1. The molecule has 0 heterocycles. The summed E-state index contributed by atoms with van der Waals surface area (Å²) in [5.41, 5.74) is 0. The summed E-state index contributed by atoms with van der Waals surface area (Å²) >= 11 is 11.2. The largest absolute Gasteiger partial charge is 0.495 e. The standard InChI is InChI=1S/C9H11Cl2NO3S/c1-15-9-3-2-7(6-8(9)11)16(13,14)12-5-4-10/h2-3,6,12H,4-5H2,1H3. The van der Waals surface area contributed by atoms with Crippen molar-refractivity contribution in [1.29, 1.82) is 0 Å². The normalized spacial score (nSPS) is 11.4. The van der Waals surface area contributed by atoms with E-state index in [9.17, 15) is 8.42 Å². The van der Waals surface area contributed by atoms with E-state index in [0.29, 0.717) is 5.75 Å². The molecule has 0 saturated heterocycles. The number of alkyl halides is 1. The first-order chi connectivity index (χ1) is 7.51. The Morgan fingerprint density at radius 3 is 2.62 bits per heavy atom. The minimum atomic E-state index is -3.54. The highest BCUT2D eigenvalue weighted by atomic mass is 35.5. The van der Waals surface area contributed by atoms with Crippen molar-refractivity contribution in [3.63, 3.8) is 0 Å². The number of nitrogens with one attached hydrogen (secondary N) is 1. The third-order valence-electron chi connectivity index (χ3n) is 1.82. The maximum absolute atomic E-state index is 11.7. The van der Waals surface area contributed by atoms with Gasteiger partial charge in [-0.05, 0) is 18.2 Å². The number of ether oxygens (including phenoxy) is 1. The summed E-state index contributed by atoms with van der Waals surface area (Å²) in [5, 5.41) is 0.247. The highest BCUT2D eigenvalue weighted by molar-refractivity contribution is 7.89. The Bertz CT molecular complexity index is 462. The molecule has 0 amide bonds. The van der Waals surface area contributed by atoms with E-state index in [1.165, 1.54) is 25.3 Å². The summed E-state index contributed by atoms with van der Waals surface area (Å²) in [4.78, 5) is 0.0865. The van der Waals surface area contributed by atoms with Crippen LogP contribution in [0.5, 0.6) is 5.75 Å².